The lowest BCUT2D eigenvalue weighted by atomic mass is 10.0. The smallest absolute Gasteiger partial charge is 0.462 e. The second-order valence-electron chi connectivity index (χ2n) is 29.4. The number of aliphatic hydroxyl groups excluding tert-OH is 1. The number of ether oxygens (including phenoxy) is 4. The quantitative estimate of drug-likeness (QED) is 0.0222. The fourth-order valence-corrected chi connectivity index (χ4v) is 13.8. The van der Waals surface area contributed by atoms with E-state index in [2.05, 4.69) is 41.5 Å². The molecule has 0 fully saturated rings. The summed E-state index contributed by atoms with van der Waals surface area (Å²) in [6.07, 6.45) is 59.9. The van der Waals surface area contributed by atoms with Crippen LogP contribution in [0.3, 0.4) is 0 Å². The summed E-state index contributed by atoms with van der Waals surface area (Å²) >= 11 is 0. The van der Waals surface area contributed by atoms with E-state index in [1.165, 1.54) is 218 Å². The fraction of sp³-hybridized carbons (Fsp3) is 0.949. The molecule has 0 aliphatic carbocycles. The van der Waals surface area contributed by atoms with Gasteiger partial charge >= 0.3 is 39.5 Å². The number of aliphatic hydroxyl groups is 1. The molecule has 19 heteroatoms. The zero-order chi connectivity index (χ0) is 72.1. The van der Waals surface area contributed by atoms with Crippen molar-refractivity contribution in [3.63, 3.8) is 0 Å². The van der Waals surface area contributed by atoms with Gasteiger partial charge in [-0.05, 0) is 37.5 Å². The molecule has 0 aromatic heterocycles. The molecule has 582 valence electrons. The first-order valence-electron chi connectivity index (χ1n) is 41.0. The zero-order valence-corrected chi connectivity index (χ0v) is 65.9. The van der Waals surface area contributed by atoms with E-state index in [0.29, 0.717) is 25.7 Å². The molecular weight excluding hydrogens is 1280 g/mol. The Hall–Kier alpha value is -1.94. The van der Waals surface area contributed by atoms with Gasteiger partial charge in [0.1, 0.15) is 19.3 Å². The van der Waals surface area contributed by atoms with Gasteiger partial charge in [0.2, 0.25) is 0 Å². The SMILES string of the molecule is CCCCCCCCCCCCCCCCCCCCCC(=O)OC[C@H](COP(=O)(O)OC[C@@H](O)COP(=O)(O)OC[C@@H](COC(=O)CCCCCCCCC)OC(=O)CCCCCCCCCCCCC(C)C)OC(=O)CCCCCCCCCCCCCCCCCCC(C)C. The van der Waals surface area contributed by atoms with Crippen molar-refractivity contribution in [1.82, 2.24) is 0 Å². The predicted molar refractivity (Wildman–Crippen MR) is 400 cm³/mol. The van der Waals surface area contributed by atoms with E-state index in [4.69, 9.17) is 37.0 Å². The lowest BCUT2D eigenvalue weighted by Crippen LogP contribution is -2.30. The first-order chi connectivity index (χ1) is 47.4. The van der Waals surface area contributed by atoms with Crippen molar-refractivity contribution in [2.45, 2.75) is 432 Å². The lowest BCUT2D eigenvalue weighted by molar-refractivity contribution is -0.161. The minimum absolute atomic E-state index is 0.106. The first-order valence-corrected chi connectivity index (χ1v) is 44.0. The van der Waals surface area contributed by atoms with Gasteiger partial charge in [-0.25, -0.2) is 9.13 Å². The van der Waals surface area contributed by atoms with Crippen molar-refractivity contribution in [3.05, 3.63) is 0 Å². The number of hydrogen-bond acceptors (Lipinski definition) is 15. The number of hydrogen-bond donors (Lipinski definition) is 3. The minimum Gasteiger partial charge on any atom is -0.462 e. The summed E-state index contributed by atoms with van der Waals surface area (Å²) in [6, 6.07) is 0. The maximum atomic E-state index is 13.1. The highest BCUT2D eigenvalue weighted by atomic mass is 31.2. The molecule has 0 spiro atoms. The van der Waals surface area contributed by atoms with Gasteiger partial charge in [-0.3, -0.25) is 37.3 Å². The fourth-order valence-electron chi connectivity index (χ4n) is 12.2. The Bertz CT molecular complexity index is 1890. The summed E-state index contributed by atoms with van der Waals surface area (Å²) < 4.78 is 68.5. The number of phosphoric acid groups is 2. The molecule has 0 rings (SSSR count). The van der Waals surface area contributed by atoms with Crippen LogP contribution in [0, 0.1) is 11.8 Å². The van der Waals surface area contributed by atoms with Crippen LogP contribution in [-0.4, -0.2) is 96.7 Å². The second-order valence-corrected chi connectivity index (χ2v) is 32.3. The van der Waals surface area contributed by atoms with Gasteiger partial charge in [-0.15, -0.1) is 0 Å². The van der Waals surface area contributed by atoms with Crippen LogP contribution in [0.5, 0.6) is 0 Å². The van der Waals surface area contributed by atoms with Gasteiger partial charge in [0.15, 0.2) is 12.2 Å². The van der Waals surface area contributed by atoms with Crippen LogP contribution in [0.15, 0.2) is 0 Å². The van der Waals surface area contributed by atoms with Crippen molar-refractivity contribution in [3.8, 4) is 0 Å². The predicted octanol–water partition coefficient (Wildman–Crippen LogP) is 23.5. The molecule has 2 unspecified atom stereocenters. The van der Waals surface area contributed by atoms with E-state index < -0.39 is 97.5 Å². The number of rotatable bonds is 78. The van der Waals surface area contributed by atoms with Crippen molar-refractivity contribution in [2.75, 3.05) is 39.6 Å². The van der Waals surface area contributed by atoms with Crippen molar-refractivity contribution in [2.24, 2.45) is 11.8 Å². The van der Waals surface area contributed by atoms with E-state index in [0.717, 1.165) is 115 Å². The molecule has 98 heavy (non-hydrogen) atoms. The van der Waals surface area contributed by atoms with Crippen molar-refractivity contribution >= 4 is 39.5 Å². The van der Waals surface area contributed by atoms with Crippen LogP contribution in [0.25, 0.3) is 0 Å². The van der Waals surface area contributed by atoms with Crippen LogP contribution < -0.4 is 0 Å². The molecule has 5 atom stereocenters. The number of carbonyl (C=O) groups is 4. The number of esters is 4. The Labute approximate surface area is 600 Å². The molecule has 0 aliphatic heterocycles. The lowest BCUT2D eigenvalue weighted by Gasteiger charge is -2.21. The molecule has 0 radical (unpaired) electrons. The Kier molecular flexibility index (Phi) is 69.3. The average molecular weight is 1440 g/mol. The number of carbonyl (C=O) groups excluding carboxylic acids is 4. The van der Waals surface area contributed by atoms with Gasteiger partial charge in [-0.1, -0.05) is 363 Å². The van der Waals surface area contributed by atoms with E-state index >= 15 is 0 Å². The molecule has 0 aromatic carbocycles. The van der Waals surface area contributed by atoms with E-state index in [1.54, 1.807) is 0 Å². The topological polar surface area (TPSA) is 237 Å². The minimum atomic E-state index is -4.96. The van der Waals surface area contributed by atoms with Gasteiger partial charge in [0.25, 0.3) is 0 Å². The average Bonchev–Trinajstić information content (AvgIpc) is 1.21. The van der Waals surface area contributed by atoms with Gasteiger partial charge < -0.3 is 33.8 Å². The summed E-state index contributed by atoms with van der Waals surface area (Å²) in [7, 11) is -9.91. The molecular formula is C79H154O17P2. The number of unbranched alkanes of at least 4 members (excludes halogenated alkanes) is 48. The van der Waals surface area contributed by atoms with E-state index in [-0.39, 0.29) is 25.7 Å². The molecule has 17 nitrogen and oxygen atoms in total. The normalized spacial score (nSPS) is 13.9. The second kappa shape index (κ2) is 70.7. The van der Waals surface area contributed by atoms with E-state index in [1.807, 2.05) is 0 Å². The molecule has 0 aromatic rings. The third-order valence-corrected chi connectivity index (χ3v) is 20.4. The van der Waals surface area contributed by atoms with E-state index in [9.17, 15) is 43.2 Å². The molecule has 0 heterocycles. The van der Waals surface area contributed by atoms with Gasteiger partial charge in [0.05, 0.1) is 26.4 Å². The Balaban J connectivity index is 5.18. The van der Waals surface area contributed by atoms with Crippen LogP contribution in [0.4, 0.5) is 0 Å². The van der Waals surface area contributed by atoms with Crippen molar-refractivity contribution in [1.29, 1.82) is 0 Å². The maximum Gasteiger partial charge on any atom is 0.472 e. The Morgan fingerprint density at radius 2 is 0.469 bits per heavy atom. The molecule has 3 N–H and O–H groups in total. The summed E-state index contributed by atoms with van der Waals surface area (Å²) in [4.78, 5) is 72.8. The first kappa shape index (κ1) is 96.1. The van der Waals surface area contributed by atoms with Crippen LogP contribution in [-0.2, 0) is 65.4 Å². The largest absolute Gasteiger partial charge is 0.472 e. The van der Waals surface area contributed by atoms with Crippen LogP contribution in [0.2, 0.25) is 0 Å². The van der Waals surface area contributed by atoms with Crippen molar-refractivity contribution < 1.29 is 80.2 Å². The molecule has 0 aliphatic rings. The maximum absolute atomic E-state index is 13.1. The monoisotopic (exact) mass is 1440 g/mol. The zero-order valence-electron chi connectivity index (χ0n) is 64.1. The molecule has 0 saturated carbocycles. The summed E-state index contributed by atoms with van der Waals surface area (Å²) in [5.41, 5.74) is 0. The van der Waals surface area contributed by atoms with Gasteiger partial charge in [0, 0.05) is 25.7 Å². The molecule has 0 amide bonds. The molecule has 0 saturated heterocycles. The van der Waals surface area contributed by atoms with Crippen LogP contribution in [0.1, 0.15) is 414 Å². The highest BCUT2D eigenvalue weighted by Gasteiger charge is 2.30. The highest BCUT2D eigenvalue weighted by Crippen LogP contribution is 2.45. The number of phosphoric ester groups is 2. The summed E-state index contributed by atoms with van der Waals surface area (Å²) in [5, 5.41) is 10.6. The third kappa shape index (κ3) is 72.4. The Morgan fingerprint density at radius 3 is 0.694 bits per heavy atom. The van der Waals surface area contributed by atoms with Crippen LogP contribution >= 0.6 is 15.6 Å². The Morgan fingerprint density at radius 1 is 0.276 bits per heavy atom. The summed E-state index contributed by atoms with van der Waals surface area (Å²) in [5.74, 6) is -0.555. The standard InChI is InChI=1S/C79H154O17P2/c1-7-9-11-13-15-16-17-18-19-20-21-22-26-29-32-38-44-50-56-62-77(82)90-68-75(96-78(83)63-57-51-45-39-33-30-27-24-23-25-28-31-36-42-47-53-59-71(3)4)70-94-98(87,88)92-66-73(80)65-91-97(85,86)93-69-74(67-89-76(81)61-55-49-41-14-12-10-8-2)95-79(84)64-58-52-46-40-35-34-37-43-48-54-60-72(5)6/h71-75,80H,7-70H2,1-6H3,(H,85,86)(H,87,88)/t73-,74+,75+/m0/s1. The summed E-state index contributed by atoms with van der Waals surface area (Å²) in [6.45, 7) is 9.59. The molecule has 0 bridgehead atoms. The highest BCUT2D eigenvalue weighted by molar-refractivity contribution is 7.47. The third-order valence-electron chi connectivity index (χ3n) is 18.5. The van der Waals surface area contributed by atoms with Gasteiger partial charge in [-0.2, -0.15) is 0 Å².